The quantitative estimate of drug-likeness (QED) is 0.317. The van der Waals surface area contributed by atoms with Crippen LogP contribution in [0.3, 0.4) is 0 Å². The summed E-state index contributed by atoms with van der Waals surface area (Å²) in [6.45, 7) is 0. The molecule has 1 aliphatic rings. The zero-order valence-electron chi connectivity index (χ0n) is 8.03. The van der Waals surface area contributed by atoms with Gasteiger partial charge in [-0.1, -0.05) is 12.2 Å². The van der Waals surface area contributed by atoms with E-state index in [-0.39, 0.29) is 17.9 Å². The van der Waals surface area contributed by atoms with E-state index in [9.17, 15) is 4.79 Å². The highest BCUT2D eigenvalue weighted by Crippen LogP contribution is 2.16. The van der Waals surface area contributed by atoms with Crippen molar-refractivity contribution in [1.82, 2.24) is 0 Å². The van der Waals surface area contributed by atoms with Crippen LogP contribution in [0.5, 0.6) is 0 Å². The lowest BCUT2D eigenvalue weighted by Crippen LogP contribution is -2.19. The van der Waals surface area contributed by atoms with Crippen molar-refractivity contribution in [3.05, 3.63) is 12.2 Å². The number of nitrogens with two attached hydrogens (primary N) is 1. The Labute approximate surface area is 87.5 Å². The topological polar surface area (TPSA) is 127 Å². The molecule has 0 aliphatic heterocycles. The molecule has 0 aromatic rings. The Morgan fingerprint density at radius 2 is 1.93 bits per heavy atom. The minimum atomic E-state index is -4.67. The van der Waals surface area contributed by atoms with Gasteiger partial charge in [0.1, 0.15) is 0 Å². The number of hydrogen-bond acceptors (Lipinski definition) is 5. The summed E-state index contributed by atoms with van der Waals surface area (Å²) < 4.78 is 36.1. The summed E-state index contributed by atoms with van der Waals surface area (Å²) in [5.41, 5.74) is 5.52. The highest BCUT2D eigenvalue weighted by Gasteiger charge is 2.22. The van der Waals surface area contributed by atoms with E-state index in [0.717, 1.165) is 0 Å². The molecule has 4 N–H and O–H groups in total. The van der Waals surface area contributed by atoms with Gasteiger partial charge in [0, 0.05) is 6.04 Å². The predicted octanol–water partition coefficient (Wildman–Crippen LogP) is -0.590. The Hall–Kier alpha value is -0.960. The lowest BCUT2D eigenvalue weighted by Gasteiger charge is -2.04. The molecule has 0 aromatic carbocycles. The second kappa shape index (κ2) is 5.81. The standard InChI is InChI=1S/C7H11NO2.H2O4S/c1-10-7(9)5-2-3-6(8)4-5;1-5(2,3)4/h2-3,5-6H,4,8H2,1H3;(H2,1,2,3,4)/t5-,6+;/m0./s1. The van der Waals surface area contributed by atoms with Gasteiger partial charge >= 0.3 is 16.4 Å². The number of ether oxygens (including phenoxy) is 1. The first-order valence-corrected chi connectivity index (χ1v) is 5.35. The number of carbonyl (C=O) groups excluding carboxylic acids is 1. The molecule has 0 saturated heterocycles. The van der Waals surface area contributed by atoms with Gasteiger partial charge in [-0.05, 0) is 6.42 Å². The van der Waals surface area contributed by atoms with Crippen molar-refractivity contribution >= 4 is 16.4 Å². The van der Waals surface area contributed by atoms with Crippen LogP contribution in [-0.4, -0.2) is 36.6 Å². The summed E-state index contributed by atoms with van der Waals surface area (Å²) in [7, 11) is -3.28. The van der Waals surface area contributed by atoms with Gasteiger partial charge in [-0.2, -0.15) is 8.42 Å². The lowest BCUT2D eigenvalue weighted by molar-refractivity contribution is -0.143. The molecule has 0 aromatic heterocycles. The summed E-state index contributed by atoms with van der Waals surface area (Å²) in [6, 6.07) is 0.0316. The van der Waals surface area contributed by atoms with Gasteiger partial charge in [-0.15, -0.1) is 0 Å². The predicted molar refractivity (Wildman–Crippen MR) is 51.4 cm³/mol. The monoisotopic (exact) mass is 239 g/mol. The largest absolute Gasteiger partial charge is 0.469 e. The molecular formula is C7H13NO6S. The van der Waals surface area contributed by atoms with Gasteiger partial charge in [-0.25, -0.2) is 0 Å². The van der Waals surface area contributed by atoms with Gasteiger partial charge in [0.05, 0.1) is 13.0 Å². The third-order valence-corrected chi connectivity index (χ3v) is 1.62. The van der Waals surface area contributed by atoms with Crippen molar-refractivity contribution in [3.8, 4) is 0 Å². The Balaban J connectivity index is 0.000000336. The summed E-state index contributed by atoms with van der Waals surface area (Å²) in [5, 5.41) is 0. The van der Waals surface area contributed by atoms with Crippen LogP contribution in [0.15, 0.2) is 12.2 Å². The van der Waals surface area contributed by atoms with E-state index in [1.54, 1.807) is 6.08 Å². The highest BCUT2D eigenvalue weighted by atomic mass is 32.3. The second-order valence-electron chi connectivity index (χ2n) is 2.86. The molecule has 0 unspecified atom stereocenters. The van der Waals surface area contributed by atoms with E-state index in [1.165, 1.54) is 7.11 Å². The van der Waals surface area contributed by atoms with Crippen LogP contribution < -0.4 is 5.73 Å². The number of rotatable bonds is 1. The molecule has 15 heavy (non-hydrogen) atoms. The fourth-order valence-corrected chi connectivity index (χ4v) is 1.05. The Kier molecular flexibility index (Phi) is 5.44. The van der Waals surface area contributed by atoms with Crippen LogP contribution >= 0.6 is 0 Å². The Morgan fingerprint density at radius 3 is 2.20 bits per heavy atom. The molecule has 2 atom stereocenters. The number of hydrogen-bond donors (Lipinski definition) is 3. The van der Waals surface area contributed by atoms with Crippen molar-refractivity contribution in [2.24, 2.45) is 11.7 Å². The van der Waals surface area contributed by atoms with Gasteiger partial charge < -0.3 is 10.5 Å². The molecule has 1 rings (SSSR count). The van der Waals surface area contributed by atoms with E-state index in [4.69, 9.17) is 23.3 Å². The van der Waals surface area contributed by atoms with E-state index >= 15 is 0 Å². The molecule has 7 nitrogen and oxygen atoms in total. The van der Waals surface area contributed by atoms with Crippen LogP contribution in [0, 0.1) is 5.92 Å². The Bertz CT molecular complexity index is 327. The highest BCUT2D eigenvalue weighted by molar-refractivity contribution is 7.79. The number of esters is 1. The molecule has 0 radical (unpaired) electrons. The van der Waals surface area contributed by atoms with E-state index in [1.807, 2.05) is 6.08 Å². The maximum absolute atomic E-state index is 10.8. The molecule has 0 bridgehead atoms. The van der Waals surface area contributed by atoms with Crippen LogP contribution in [-0.2, 0) is 19.9 Å². The van der Waals surface area contributed by atoms with Crippen LogP contribution in [0.25, 0.3) is 0 Å². The molecule has 0 heterocycles. The minimum absolute atomic E-state index is 0.0316. The Morgan fingerprint density at radius 1 is 1.47 bits per heavy atom. The first-order valence-electron chi connectivity index (χ1n) is 3.95. The lowest BCUT2D eigenvalue weighted by atomic mass is 10.1. The first-order chi connectivity index (χ1) is 6.74. The van der Waals surface area contributed by atoms with Crippen LogP contribution in [0.4, 0.5) is 0 Å². The second-order valence-corrected chi connectivity index (χ2v) is 3.76. The van der Waals surface area contributed by atoms with Crippen molar-refractivity contribution in [2.45, 2.75) is 12.5 Å². The minimum Gasteiger partial charge on any atom is -0.469 e. The first kappa shape index (κ1) is 14.0. The molecule has 88 valence electrons. The van der Waals surface area contributed by atoms with Crippen molar-refractivity contribution < 1.29 is 27.1 Å². The van der Waals surface area contributed by atoms with Gasteiger partial charge in [-0.3, -0.25) is 13.9 Å². The third kappa shape index (κ3) is 8.06. The van der Waals surface area contributed by atoms with E-state index in [2.05, 4.69) is 4.74 Å². The van der Waals surface area contributed by atoms with E-state index < -0.39 is 10.4 Å². The van der Waals surface area contributed by atoms with Crippen molar-refractivity contribution in [2.75, 3.05) is 7.11 Å². The summed E-state index contributed by atoms with van der Waals surface area (Å²) in [6.07, 6.45) is 4.32. The average molecular weight is 239 g/mol. The van der Waals surface area contributed by atoms with Crippen LogP contribution in [0.1, 0.15) is 6.42 Å². The van der Waals surface area contributed by atoms with Gasteiger partial charge in [0.15, 0.2) is 0 Å². The molecule has 0 amide bonds. The third-order valence-electron chi connectivity index (χ3n) is 1.62. The smallest absolute Gasteiger partial charge is 0.394 e. The molecular weight excluding hydrogens is 226 g/mol. The maximum Gasteiger partial charge on any atom is 0.394 e. The fraction of sp³-hybridized carbons (Fsp3) is 0.571. The summed E-state index contributed by atoms with van der Waals surface area (Å²) in [4.78, 5) is 10.8. The molecule has 0 saturated carbocycles. The normalized spacial score (nSPS) is 24.3. The summed E-state index contributed by atoms with van der Waals surface area (Å²) in [5.74, 6) is -0.302. The van der Waals surface area contributed by atoms with Gasteiger partial charge in [0.2, 0.25) is 0 Å². The van der Waals surface area contributed by atoms with Crippen molar-refractivity contribution in [3.63, 3.8) is 0 Å². The maximum atomic E-state index is 10.8. The van der Waals surface area contributed by atoms with Crippen LogP contribution in [0.2, 0.25) is 0 Å². The summed E-state index contributed by atoms with van der Waals surface area (Å²) >= 11 is 0. The molecule has 1 aliphatic carbocycles. The van der Waals surface area contributed by atoms with E-state index in [0.29, 0.717) is 6.42 Å². The average Bonchev–Trinajstić information content (AvgIpc) is 2.47. The number of methoxy groups -OCH3 is 1. The zero-order chi connectivity index (χ0) is 12.1. The zero-order valence-corrected chi connectivity index (χ0v) is 8.85. The number of carbonyl (C=O) groups is 1. The van der Waals surface area contributed by atoms with Gasteiger partial charge in [0.25, 0.3) is 0 Å². The van der Waals surface area contributed by atoms with Crippen molar-refractivity contribution in [1.29, 1.82) is 0 Å². The molecule has 8 heteroatoms. The fourth-order valence-electron chi connectivity index (χ4n) is 1.05. The molecule has 0 spiro atoms. The molecule has 0 fully saturated rings. The SMILES string of the molecule is COC(=O)[C@H]1C=C[C@@H](N)C1.O=S(=O)(O)O.